The molecule has 0 aromatic carbocycles. The predicted octanol–water partition coefficient (Wildman–Crippen LogP) is 1.22. The maximum Gasteiger partial charge on any atom is 0.338 e. The lowest BCUT2D eigenvalue weighted by Gasteiger charge is -2.35. The Hall–Kier alpha value is -3.53. The smallest absolute Gasteiger partial charge is 0.338 e. The number of hydrogen-bond donors (Lipinski definition) is 2. The number of anilines is 2. The van der Waals surface area contributed by atoms with Gasteiger partial charge in [0.25, 0.3) is 5.91 Å². The van der Waals surface area contributed by atoms with Crippen LogP contribution in [0.2, 0.25) is 0 Å². The normalized spacial score (nSPS) is 14.9. The van der Waals surface area contributed by atoms with E-state index in [0.29, 0.717) is 11.3 Å². The van der Waals surface area contributed by atoms with Crippen molar-refractivity contribution in [1.29, 1.82) is 0 Å². The minimum atomic E-state index is -1.03. The van der Waals surface area contributed by atoms with E-state index in [-0.39, 0.29) is 17.2 Å². The van der Waals surface area contributed by atoms with Gasteiger partial charge in [0.2, 0.25) is 5.95 Å². The van der Waals surface area contributed by atoms with Crippen molar-refractivity contribution in [1.82, 2.24) is 24.5 Å². The summed E-state index contributed by atoms with van der Waals surface area (Å²) in [4.78, 5) is 36.7. The highest BCUT2D eigenvalue weighted by molar-refractivity contribution is 6.02. The molecule has 0 radical (unpaired) electrons. The lowest BCUT2D eigenvalue weighted by atomic mass is 10.2. The number of amides is 1. The van der Waals surface area contributed by atoms with E-state index in [0.717, 1.165) is 32.7 Å². The van der Waals surface area contributed by atoms with Gasteiger partial charge in [-0.2, -0.15) is 4.98 Å². The molecular weight excluding hydrogens is 374 g/mol. The lowest BCUT2D eigenvalue weighted by molar-refractivity contribution is 0.0697. The Balaban J connectivity index is 1.63. The molecule has 3 aromatic rings. The lowest BCUT2D eigenvalue weighted by Crippen LogP contribution is -2.46. The summed E-state index contributed by atoms with van der Waals surface area (Å²) in [7, 11) is 0. The summed E-state index contributed by atoms with van der Waals surface area (Å²) in [6.07, 6.45) is 3.18. The summed E-state index contributed by atoms with van der Waals surface area (Å²) in [5.41, 5.74) is 1.34. The summed E-state index contributed by atoms with van der Waals surface area (Å²) in [6.45, 7) is 6.30. The topological polar surface area (TPSA) is 116 Å². The number of aromatic nitrogens is 4. The summed E-state index contributed by atoms with van der Waals surface area (Å²) < 4.78 is 1.49. The number of pyridine rings is 2. The number of piperazine rings is 1. The molecular formula is C19H21N7O3. The molecule has 3 aromatic heterocycles. The summed E-state index contributed by atoms with van der Waals surface area (Å²) in [5, 5.41) is 16.6. The van der Waals surface area contributed by atoms with Crippen molar-refractivity contribution in [3.63, 3.8) is 0 Å². The molecule has 0 bridgehead atoms. The van der Waals surface area contributed by atoms with Gasteiger partial charge in [-0.1, -0.05) is 13.0 Å². The Morgan fingerprint density at radius 1 is 1.21 bits per heavy atom. The van der Waals surface area contributed by atoms with Crippen LogP contribution in [0.1, 0.15) is 27.8 Å². The average molecular weight is 395 g/mol. The molecule has 1 fully saturated rings. The summed E-state index contributed by atoms with van der Waals surface area (Å²) in [5.74, 6) is -1.37. The van der Waals surface area contributed by atoms with Crippen molar-refractivity contribution < 1.29 is 14.7 Å². The van der Waals surface area contributed by atoms with Crippen LogP contribution in [0.5, 0.6) is 0 Å². The van der Waals surface area contributed by atoms with Gasteiger partial charge in [-0.25, -0.2) is 9.31 Å². The molecule has 0 atom stereocenters. The largest absolute Gasteiger partial charge is 0.478 e. The van der Waals surface area contributed by atoms with E-state index in [9.17, 15) is 14.7 Å². The van der Waals surface area contributed by atoms with Gasteiger partial charge in [-0.15, -0.1) is 5.10 Å². The second-order valence-electron chi connectivity index (χ2n) is 6.71. The van der Waals surface area contributed by atoms with Crippen LogP contribution in [0.4, 0.5) is 11.6 Å². The Morgan fingerprint density at radius 2 is 2.00 bits per heavy atom. The van der Waals surface area contributed by atoms with Crippen molar-refractivity contribution in [2.75, 3.05) is 42.9 Å². The Kier molecular flexibility index (Phi) is 5.09. The number of carbonyl (C=O) groups excluding carboxylic acids is 1. The minimum absolute atomic E-state index is 0.0879. The molecule has 10 nitrogen and oxygen atoms in total. The van der Waals surface area contributed by atoms with Crippen molar-refractivity contribution in [2.45, 2.75) is 6.92 Å². The molecule has 4 rings (SSSR count). The third-order valence-electron chi connectivity index (χ3n) is 4.97. The number of carbonyl (C=O) groups is 2. The number of nitrogens with one attached hydrogen (secondary N) is 1. The van der Waals surface area contributed by atoms with Gasteiger partial charge in [0, 0.05) is 32.4 Å². The number of hydrogen-bond acceptors (Lipinski definition) is 7. The molecule has 0 spiro atoms. The fourth-order valence-corrected chi connectivity index (χ4v) is 3.36. The summed E-state index contributed by atoms with van der Waals surface area (Å²) >= 11 is 0. The monoisotopic (exact) mass is 395 g/mol. The maximum atomic E-state index is 12.3. The molecule has 1 amide bonds. The molecule has 0 saturated carbocycles. The highest BCUT2D eigenvalue weighted by Crippen LogP contribution is 2.24. The molecule has 1 saturated heterocycles. The van der Waals surface area contributed by atoms with Gasteiger partial charge in [-0.3, -0.25) is 15.1 Å². The Labute approximate surface area is 166 Å². The standard InChI is InChI=1S/C19H21N7O3/c1-2-24-7-9-25(10-8-24)15-12-26-16(11-13(15)18(28)29)21-19(23-26)22-17(27)14-5-3-4-6-20-14/h3-6,11-12H,2,7-10H2,1H3,(H,28,29)(H,22,23,27). The fraction of sp³-hybridized carbons (Fsp3) is 0.316. The van der Waals surface area contributed by atoms with Crippen molar-refractivity contribution >= 4 is 29.2 Å². The van der Waals surface area contributed by atoms with E-state index in [4.69, 9.17) is 0 Å². The number of rotatable bonds is 5. The number of nitrogens with zero attached hydrogens (tertiary/aromatic N) is 6. The zero-order chi connectivity index (χ0) is 20.4. The van der Waals surface area contributed by atoms with Crippen molar-refractivity contribution in [3.8, 4) is 0 Å². The van der Waals surface area contributed by atoms with E-state index in [1.54, 1.807) is 24.4 Å². The van der Waals surface area contributed by atoms with Gasteiger partial charge in [0.1, 0.15) is 5.69 Å². The van der Waals surface area contributed by atoms with E-state index in [1.807, 2.05) is 4.90 Å². The first-order valence-corrected chi connectivity index (χ1v) is 9.38. The molecule has 0 aliphatic carbocycles. The molecule has 1 aliphatic rings. The highest BCUT2D eigenvalue weighted by Gasteiger charge is 2.23. The van der Waals surface area contributed by atoms with Gasteiger partial charge < -0.3 is 14.9 Å². The van der Waals surface area contributed by atoms with Crippen molar-refractivity contribution in [2.24, 2.45) is 0 Å². The fourth-order valence-electron chi connectivity index (χ4n) is 3.36. The van der Waals surface area contributed by atoms with Crippen LogP contribution >= 0.6 is 0 Å². The molecule has 29 heavy (non-hydrogen) atoms. The quantitative estimate of drug-likeness (QED) is 0.662. The van der Waals surface area contributed by atoms with E-state index < -0.39 is 11.9 Å². The van der Waals surface area contributed by atoms with Crippen LogP contribution in [0.3, 0.4) is 0 Å². The molecule has 150 valence electrons. The third-order valence-corrected chi connectivity index (χ3v) is 4.97. The predicted molar refractivity (Wildman–Crippen MR) is 106 cm³/mol. The SMILES string of the molecule is CCN1CCN(c2cn3nc(NC(=O)c4ccccn4)nc3cc2C(=O)O)CC1. The molecule has 0 unspecified atom stereocenters. The van der Waals surface area contributed by atoms with Crippen LogP contribution in [-0.4, -0.2) is 74.2 Å². The van der Waals surface area contributed by atoms with E-state index >= 15 is 0 Å². The first kappa shape index (κ1) is 18.8. The Morgan fingerprint density at radius 3 is 2.66 bits per heavy atom. The van der Waals surface area contributed by atoms with Gasteiger partial charge >= 0.3 is 5.97 Å². The van der Waals surface area contributed by atoms with Crippen LogP contribution in [-0.2, 0) is 0 Å². The van der Waals surface area contributed by atoms with Crippen LogP contribution in [0.25, 0.3) is 5.65 Å². The van der Waals surface area contributed by atoms with Gasteiger partial charge in [0.15, 0.2) is 5.65 Å². The highest BCUT2D eigenvalue weighted by atomic mass is 16.4. The number of fused-ring (bicyclic) bond motifs is 1. The zero-order valence-corrected chi connectivity index (χ0v) is 15.9. The average Bonchev–Trinajstić information content (AvgIpc) is 3.14. The summed E-state index contributed by atoms with van der Waals surface area (Å²) in [6, 6.07) is 6.49. The molecule has 4 heterocycles. The van der Waals surface area contributed by atoms with Crippen molar-refractivity contribution in [3.05, 3.63) is 47.9 Å². The van der Waals surface area contributed by atoms with E-state index in [1.165, 1.54) is 16.8 Å². The molecule has 10 heteroatoms. The zero-order valence-electron chi connectivity index (χ0n) is 15.9. The number of aromatic carboxylic acids is 1. The van der Waals surface area contributed by atoms with Crippen LogP contribution in [0, 0.1) is 0 Å². The minimum Gasteiger partial charge on any atom is -0.478 e. The maximum absolute atomic E-state index is 12.3. The first-order valence-electron chi connectivity index (χ1n) is 9.38. The Bertz CT molecular complexity index is 1040. The number of carboxylic acids is 1. The first-order chi connectivity index (χ1) is 14.0. The molecule has 2 N–H and O–H groups in total. The third kappa shape index (κ3) is 3.87. The van der Waals surface area contributed by atoms with Gasteiger partial charge in [0.05, 0.1) is 17.4 Å². The van der Waals surface area contributed by atoms with E-state index in [2.05, 4.69) is 32.2 Å². The second-order valence-corrected chi connectivity index (χ2v) is 6.71. The number of likely N-dealkylation sites (N-methyl/N-ethyl adjacent to an activating group) is 1. The molecule has 1 aliphatic heterocycles. The van der Waals surface area contributed by atoms with Gasteiger partial charge in [-0.05, 0) is 24.7 Å². The van der Waals surface area contributed by atoms with Crippen LogP contribution < -0.4 is 10.2 Å². The second kappa shape index (κ2) is 7.84. The van der Waals surface area contributed by atoms with Crippen LogP contribution in [0.15, 0.2) is 36.7 Å². The number of carboxylic acid groups (broad SMARTS) is 1.